The first-order valence-electron chi connectivity index (χ1n) is 7.59. The zero-order chi connectivity index (χ0) is 14.4. The van der Waals surface area contributed by atoms with Crippen molar-refractivity contribution in [1.82, 2.24) is 5.32 Å². The van der Waals surface area contributed by atoms with Crippen LogP contribution in [0.2, 0.25) is 5.02 Å². The van der Waals surface area contributed by atoms with Crippen LogP contribution in [0.25, 0.3) is 0 Å². The van der Waals surface area contributed by atoms with Gasteiger partial charge in [-0.3, -0.25) is 0 Å². The number of halogens is 1. The van der Waals surface area contributed by atoms with Crippen molar-refractivity contribution >= 4 is 17.3 Å². The van der Waals surface area contributed by atoms with Crippen LogP contribution in [0, 0.1) is 0 Å². The van der Waals surface area contributed by atoms with Crippen LogP contribution in [0.15, 0.2) is 18.2 Å². The highest BCUT2D eigenvalue weighted by Crippen LogP contribution is 2.29. The van der Waals surface area contributed by atoms with Gasteiger partial charge in [-0.1, -0.05) is 17.7 Å². The Hall–Kier alpha value is -0.770. The second-order valence-corrected chi connectivity index (χ2v) is 5.58. The van der Waals surface area contributed by atoms with Crippen LogP contribution in [-0.4, -0.2) is 32.3 Å². The van der Waals surface area contributed by atoms with Gasteiger partial charge in [-0.2, -0.15) is 0 Å². The normalized spacial score (nSPS) is 14.6. The first kappa shape index (κ1) is 15.6. The number of nitrogens with zero attached hydrogens (tertiary/aromatic N) is 1. The molecule has 0 radical (unpaired) electrons. The maximum Gasteiger partial charge on any atom is 0.0641 e. The summed E-state index contributed by atoms with van der Waals surface area (Å²) in [5, 5.41) is 4.41. The summed E-state index contributed by atoms with van der Waals surface area (Å²) in [5.41, 5.74) is 2.44. The lowest BCUT2D eigenvalue weighted by molar-refractivity contribution is 0.154. The zero-order valence-electron chi connectivity index (χ0n) is 12.5. The van der Waals surface area contributed by atoms with E-state index in [1.165, 1.54) is 24.1 Å². The monoisotopic (exact) mass is 296 g/mol. The Labute approximate surface area is 127 Å². The molecule has 1 aromatic carbocycles. The van der Waals surface area contributed by atoms with Gasteiger partial charge in [-0.05, 0) is 38.8 Å². The average Bonchev–Trinajstić information content (AvgIpc) is 3.26. The predicted octanol–water partition coefficient (Wildman–Crippen LogP) is 3.45. The smallest absolute Gasteiger partial charge is 0.0641 e. The molecule has 3 nitrogen and oxygen atoms in total. The molecule has 1 N–H and O–H groups in total. The van der Waals surface area contributed by atoms with E-state index in [4.69, 9.17) is 16.3 Å². The molecule has 0 bridgehead atoms. The molecule has 1 aliphatic rings. The molecular formula is C16H25ClN2O. The van der Waals surface area contributed by atoms with Crippen LogP contribution in [-0.2, 0) is 11.3 Å². The lowest BCUT2D eigenvalue weighted by Gasteiger charge is -2.26. The Morgan fingerprint density at radius 1 is 1.35 bits per heavy atom. The maximum atomic E-state index is 6.40. The fraction of sp³-hybridized carbons (Fsp3) is 0.625. The number of ether oxygens (including phenoxy) is 1. The maximum absolute atomic E-state index is 6.40. The summed E-state index contributed by atoms with van der Waals surface area (Å²) in [6.45, 7) is 8.44. The Kier molecular flexibility index (Phi) is 6.14. The van der Waals surface area contributed by atoms with Crippen LogP contribution in [0.4, 0.5) is 5.69 Å². The number of anilines is 1. The highest BCUT2D eigenvalue weighted by molar-refractivity contribution is 6.31. The quantitative estimate of drug-likeness (QED) is 0.706. The van der Waals surface area contributed by atoms with Gasteiger partial charge in [0.25, 0.3) is 0 Å². The van der Waals surface area contributed by atoms with Crippen molar-refractivity contribution in [3.8, 4) is 0 Å². The number of rotatable bonds is 9. The zero-order valence-corrected chi connectivity index (χ0v) is 13.2. The molecule has 0 aromatic heterocycles. The van der Waals surface area contributed by atoms with Gasteiger partial charge in [-0.25, -0.2) is 0 Å². The highest BCUT2D eigenvalue weighted by Gasteiger charge is 2.21. The van der Waals surface area contributed by atoms with E-state index in [1.807, 2.05) is 19.1 Å². The van der Waals surface area contributed by atoms with Crippen molar-refractivity contribution < 1.29 is 4.74 Å². The van der Waals surface area contributed by atoms with E-state index in [1.54, 1.807) is 0 Å². The SMILES string of the molecule is CCOCCN(CC)c1cccc(Cl)c1CNC1CC1. The Morgan fingerprint density at radius 3 is 2.80 bits per heavy atom. The third kappa shape index (κ3) is 4.37. The summed E-state index contributed by atoms with van der Waals surface area (Å²) in [7, 11) is 0. The molecule has 1 saturated carbocycles. The van der Waals surface area contributed by atoms with Gasteiger partial charge in [-0.15, -0.1) is 0 Å². The van der Waals surface area contributed by atoms with E-state index >= 15 is 0 Å². The van der Waals surface area contributed by atoms with Gasteiger partial charge >= 0.3 is 0 Å². The van der Waals surface area contributed by atoms with Gasteiger partial charge in [0.05, 0.1) is 6.61 Å². The third-order valence-corrected chi connectivity index (χ3v) is 4.03. The van der Waals surface area contributed by atoms with Crippen molar-refractivity contribution in [3.63, 3.8) is 0 Å². The minimum Gasteiger partial charge on any atom is -0.380 e. The molecule has 0 unspecified atom stereocenters. The largest absolute Gasteiger partial charge is 0.380 e. The summed E-state index contributed by atoms with van der Waals surface area (Å²) in [4.78, 5) is 2.34. The summed E-state index contributed by atoms with van der Waals surface area (Å²) in [6.07, 6.45) is 2.59. The molecule has 0 heterocycles. The number of nitrogens with one attached hydrogen (secondary N) is 1. The average molecular weight is 297 g/mol. The summed E-state index contributed by atoms with van der Waals surface area (Å²) in [6, 6.07) is 6.86. The van der Waals surface area contributed by atoms with Crippen LogP contribution >= 0.6 is 11.6 Å². The van der Waals surface area contributed by atoms with E-state index in [-0.39, 0.29) is 0 Å². The highest BCUT2D eigenvalue weighted by atomic mass is 35.5. The lowest BCUT2D eigenvalue weighted by atomic mass is 10.1. The minimum absolute atomic E-state index is 0.692. The van der Waals surface area contributed by atoms with Crippen molar-refractivity contribution in [2.24, 2.45) is 0 Å². The summed E-state index contributed by atoms with van der Waals surface area (Å²) < 4.78 is 5.48. The van der Waals surface area contributed by atoms with Gasteiger partial charge in [0.1, 0.15) is 0 Å². The van der Waals surface area contributed by atoms with Crippen LogP contribution in [0.1, 0.15) is 32.3 Å². The molecular weight excluding hydrogens is 272 g/mol. The Balaban J connectivity index is 2.07. The fourth-order valence-electron chi connectivity index (χ4n) is 2.32. The van der Waals surface area contributed by atoms with Crippen molar-refractivity contribution in [3.05, 3.63) is 28.8 Å². The van der Waals surface area contributed by atoms with Gasteiger partial charge in [0.2, 0.25) is 0 Å². The van der Waals surface area contributed by atoms with Crippen LogP contribution in [0.5, 0.6) is 0 Å². The summed E-state index contributed by atoms with van der Waals surface area (Å²) >= 11 is 6.40. The number of likely N-dealkylation sites (N-methyl/N-ethyl adjacent to an activating group) is 1. The predicted molar refractivity (Wildman–Crippen MR) is 85.7 cm³/mol. The second-order valence-electron chi connectivity index (χ2n) is 5.17. The van der Waals surface area contributed by atoms with E-state index in [0.29, 0.717) is 6.04 Å². The van der Waals surface area contributed by atoms with E-state index in [0.717, 1.165) is 37.9 Å². The molecule has 0 amide bonds. The molecule has 1 fully saturated rings. The molecule has 0 spiro atoms. The molecule has 0 saturated heterocycles. The van der Waals surface area contributed by atoms with Gasteiger partial charge in [0.15, 0.2) is 0 Å². The van der Waals surface area contributed by atoms with Gasteiger partial charge < -0.3 is 15.0 Å². The Morgan fingerprint density at radius 2 is 2.15 bits per heavy atom. The summed E-state index contributed by atoms with van der Waals surface area (Å²) in [5.74, 6) is 0. The molecule has 4 heteroatoms. The van der Waals surface area contributed by atoms with E-state index in [2.05, 4.69) is 23.2 Å². The minimum atomic E-state index is 0.692. The number of benzene rings is 1. The number of hydrogen-bond donors (Lipinski definition) is 1. The fourth-order valence-corrected chi connectivity index (χ4v) is 2.56. The van der Waals surface area contributed by atoms with E-state index < -0.39 is 0 Å². The molecule has 1 aromatic rings. The van der Waals surface area contributed by atoms with Crippen LogP contribution in [0.3, 0.4) is 0 Å². The standard InChI is InChI=1S/C16H25ClN2O/c1-3-19(10-11-20-4-2)16-7-5-6-15(17)14(16)12-18-13-8-9-13/h5-7,13,18H,3-4,8-12H2,1-2H3. The van der Waals surface area contributed by atoms with E-state index in [9.17, 15) is 0 Å². The third-order valence-electron chi connectivity index (χ3n) is 3.67. The van der Waals surface area contributed by atoms with Crippen molar-refractivity contribution in [2.75, 3.05) is 31.2 Å². The molecule has 0 aliphatic heterocycles. The molecule has 0 atom stereocenters. The molecule has 1 aliphatic carbocycles. The molecule has 112 valence electrons. The van der Waals surface area contributed by atoms with Crippen molar-refractivity contribution in [2.45, 2.75) is 39.3 Å². The topological polar surface area (TPSA) is 24.5 Å². The number of hydrogen-bond acceptors (Lipinski definition) is 3. The lowest BCUT2D eigenvalue weighted by Crippen LogP contribution is -2.29. The Bertz CT molecular complexity index is 421. The second kappa shape index (κ2) is 7.87. The first-order valence-corrected chi connectivity index (χ1v) is 7.97. The molecule has 2 rings (SSSR count). The first-order chi connectivity index (χ1) is 9.76. The van der Waals surface area contributed by atoms with Crippen molar-refractivity contribution in [1.29, 1.82) is 0 Å². The van der Waals surface area contributed by atoms with Crippen LogP contribution < -0.4 is 10.2 Å². The molecule has 20 heavy (non-hydrogen) atoms. The van der Waals surface area contributed by atoms with Gasteiger partial charge in [0, 0.05) is 48.6 Å².